The predicted molar refractivity (Wildman–Crippen MR) is 118 cm³/mol. The average Bonchev–Trinajstić information content (AvgIpc) is 3.25. The predicted octanol–water partition coefficient (Wildman–Crippen LogP) is 2.73. The molecule has 160 valence electrons. The molecular formula is C23H31N5O2. The van der Waals surface area contributed by atoms with E-state index in [2.05, 4.69) is 15.6 Å². The Morgan fingerprint density at radius 1 is 1.23 bits per heavy atom. The molecular weight excluding hydrogens is 378 g/mol. The number of benzene rings is 1. The number of nitrogens with zero attached hydrogens (tertiary/aromatic N) is 3. The fourth-order valence-electron chi connectivity index (χ4n) is 3.41. The molecule has 0 radical (unpaired) electrons. The molecule has 1 aliphatic heterocycles. The fraction of sp³-hybridized carbons (Fsp3) is 0.435. The summed E-state index contributed by atoms with van der Waals surface area (Å²) in [7, 11) is 0. The zero-order chi connectivity index (χ0) is 21.2. The summed E-state index contributed by atoms with van der Waals surface area (Å²) in [6, 6.07) is 14.1. The fourth-order valence-corrected chi connectivity index (χ4v) is 3.41. The van der Waals surface area contributed by atoms with Crippen LogP contribution in [-0.4, -0.2) is 47.4 Å². The van der Waals surface area contributed by atoms with E-state index in [1.165, 1.54) is 0 Å². The van der Waals surface area contributed by atoms with Crippen LogP contribution in [0.2, 0.25) is 0 Å². The third-order valence-corrected chi connectivity index (χ3v) is 5.00. The Bertz CT molecular complexity index is 840. The molecule has 1 aromatic heterocycles. The lowest BCUT2D eigenvalue weighted by molar-refractivity contribution is -0.129. The number of likely N-dealkylation sites (tertiary alicyclic amines) is 1. The number of hydrogen-bond acceptors (Lipinski definition) is 4. The van der Waals surface area contributed by atoms with Gasteiger partial charge in [-0.1, -0.05) is 43.3 Å². The van der Waals surface area contributed by atoms with Gasteiger partial charge in [-0.3, -0.25) is 4.79 Å². The normalized spacial score (nSPS) is 16.4. The molecule has 0 bridgehead atoms. The molecule has 1 saturated heterocycles. The molecule has 1 amide bonds. The molecule has 1 aromatic carbocycles. The standard InChI is InChI=1S/C23H31N5O2/c1-3-21(29)28-14-12-20(16-28)27-23(24-4-2)26-15-19-11-8-13-25-22(19)30-17-18-9-6-5-7-10-18/h5-11,13,20H,3-4,12,14-17H2,1-2H3,(H2,24,26,27). The van der Waals surface area contributed by atoms with Crippen molar-refractivity contribution in [1.29, 1.82) is 0 Å². The molecule has 1 atom stereocenters. The first-order valence-electron chi connectivity index (χ1n) is 10.6. The van der Waals surface area contributed by atoms with Crippen molar-refractivity contribution >= 4 is 11.9 Å². The van der Waals surface area contributed by atoms with Crippen LogP contribution in [0.1, 0.15) is 37.8 Å². The van der Waals surface area contributed by atoms with Gasteiger partial charge in [-0.05, 0) is 25.0 Å². The summed E-state index contributed by atoms with van der Waals surface area (Å²) in [5.74, 6) is 1.55. The SMILES string of the molecule is CCNC(=NCc1cccnc1OCc1ccccc1)NC1CCN(C(=O)CC)C1. The van der Waals surface area contributed by atoms with Gasteiger partial charge in [0.25, 0.3) is 0 Å². The van der Waals surface area contributed by atoms with Crippen LogP contribution >= 0.6 is 0 Å². The largest absolute Gasteiger partial charge is 0.473 e. The van der Waals surface area contributed by atoms with E-state index in [1.54, 1.807) is 6.20 Å². The van der Waals surface area contributed by atoms with Crippen molar-refractivity contribution in [2.24, 2.45) is 4.99 Å². The first-order valence-corrected chi connectivity index (χ1v) is 10.6. The second kappa shape index (κ2) is 11.2. The Morgan fingerprint density at radius 2 is 2.07 bits per heavy atom. The zero-order valence-electron chi connectivity index (χ0n) is 17.8. The Hall–Kier alpha value is -3.09. The zero-order valence-corrected chi connectivity index (χ0v) is 17.8. The van der Waals surface area contributed by atoms with E-state index in [4.69, 9.17) is 9.73 Å². The number of aromatic nitrogens is 1. The highest BCUT2D eigenvalue weighted by molar-refractivity contribution is 5.80. The van der Waals surface area contributed by atoms with Crippen LogP contribution in [0, 0.1) is 0 Å². The number of pyridine rings is 1. The molecule has 0 aliphatic carbocycles. The molecule has 1 unspecified atom stereocenters. The van der Waals surface area contributed by atoms with Gasteiger partial charge in [0, 0.05) is 43.9 Å². The highest BCUT2D eigenvalue weighted by atomic mass is 16.5. The highest BCUT2D eigenvalue weighted by Crippen LogP contribution is 2.17. The van der Waals surface area contributed by atoms with Crippen molar-refractivity contribution in [3.8, 4) is 5.88 Å². The summed E-state index contributed by atoms with van der Waals surface area (Å²) in [6.07, 6.45) is 3.21. The molecule has 3 rings (SSSR count). The molecule has 2 aromatic rings. The minimum atomic E-state index is 0.205. The molecule has 7 heteroatoms. The minimum absolute atomic E-state index is 0.205. The Balaban J connectivity index is 1.61. The number of aliphatic imine (C=N–C) groups is 1. The van der Waals surface area contributed by atoms with Gasteiger partial charge >= 0.3 is 0 Å². The van der Waals surface area contributed by atoms with E-state index in [1.807, 2.05) is 61.2 Å². The second-order valence-corrected chi connectivity index (χ2v) is 7.26. The van der Waals surface area contributed by atoms with E-state index in [-0.39, 0.29) is 11.9 Å². The lowest BCUT2D eigenvalue weighted by atomic mass is 10.2. The Kier molecular flexibility index (Phi) is 8.06. The number of carbonyl (C=O) groups is 1. The quantitative estimate of drug-likeness (QED) is 0.518. The maximum Gasteiger partial charge on any atom is 0.222 e. The van der Waals surface area contributed by atoms with E-state index in [0.717, 1.165) is 43.1 Å². The maximum absolute atomic E-state index is 11.9. The summed E-state index contributed by atoms with van der Waals surface area (Å²) in [5.41, 5.74) is 2.03. The molecule has 30 heavy (non-hydrogen) atoms. The highest BCUT2D eigenvalue weighted by Gasteiger charge is 2.25. The van der Waals surface area contributed by atoms with E-state index in [0.29, 0.717) is 25.5 Å². The van der Waals surface area contributed by atoms with Crippen LogP contribution in [0.4, 0.5) is 0 Å². The van der Waals surface area contributed by atoms with Crippen LogP contribution in [-0.2, 0) is 17.9 Å². The Morgan fingerprint density at radius 3 is 2.83 bits per heavy atom. The van der Waals surface area contributed by atoms with E-state index < -0.39 is 0 Å². The van der Waals surface area contributed by atoms with Gasteiger partial charge in [0.15, 0.2) is 5.96 Å². The lowest BCUT2D eigenvalue weighted by Gasteiger charge is -2.18. The van der Waals surface area contributed by atoms with Gasteiger partial charge in [-0.15, -0.1) is 0 Å². The smallest absolute Gasteiger partial charge is 0.222 e. The van der Waals surface area contributed by atoms with Gasteiger partial charge < -0.3 is 20.3 Å². The molecule has 7 nitrogen and oxygen atoms in total. The summed E-state index contributed by atoms with van der Waals surface area (Å²) < 4.78 is 5.94. The monoisotopic (exact) mass is 409 g/mol. The number of rotatable bonds is 8. The van der Waals surface area contributed by atoms with Gasteiger partial charge in [0.1, 0.15) is 6.61 Å². The maximum atomic E-state index is 11.9. The molecule has 0 spiro atoms. The van der Waals surface area contributed by atoms with Crippen molar-refractivity contribution in [2.75, 3.05) is 19.6 Å². The second-order valence-electron chi connectivity index (χ2n) is 7.26. The third kappa shape index (κ3) is 6.20. The minimum Gasteiger partial charge on any atom is -0.473 e. The molecule has 1 fully saturated rings. The number of ether oxygens (including phenoxy) is 1. The van der Waals surface area contributed by atoms with Crippen molar-refractivity contribution in [2.45, 2.75) is 45.9 Å². The van der Waals surface area contributed by atoms with E-state index in [9.17, 15) is 4.79 Å². The van der Waals surface area contributed by atoms with Crippen LogP contribution in [0.15, 0.2) is 53.7 Å². The number of hydrogen-bond donors (Lipinski definition) is 2. The topological polar surface area (TPSA) is 78.9 Å². The first kappa shape index (κ1) is 21.6. The average molecular weight is 410 g/mol. The molecule has 2 N–H and O–H groups in total. The van der Waals surface area contributed by atoms with Gasteiger partial charge in [0.05, 0.1) is 6.54 Å². The van der Waals surface area contributed by atoms with Crippen LogP contribution in [0.25, 0.3) is 0 Å². The Labute approximate surface area is 178 Å². The third-order valence-electron chi connectivity index (χ3n) is 5.00. The van der Waals surface area contributed by atoms with Gasteiger partial charge in [-0.25, -0.2) is 9.98 Å². The summed E-state index contributed by atoms with van der Waals surface area (Å²) in [4.78, 5) is 22.9. The first-order chi connectivity index (χ1) is 14.7. The number of amides is 1. The molecule has 1 aliphatic rings. The van der Waals surface area contributed by atoms with E-state index >= 15 is 0 Å². The lowest BCUT2D eigenvalue weighted by Crippen LogP contribution is -2.45. The van der Waals surface area contributed by atoms with Crippen molar-refractivity contribution < 1.29 is 9.53 Å². The van der Waals surface area contributed by atoms with Crippen LogP contribution < -0.4 is 15.4 Å². The summed E-state index contributed by atoms with van der Waals surface area (Å²) in [5, 5.41) is 6.75. The van der Waals surface area contributed by atoms with Crippen molar-refractivity contribution in [3.05, 3.63) is 59.8 Å². The van der Waals surface area contributed by atoms with Crippen LogP contribution in [0.5, 0.6) is 5.88 Å². The molecule has 2 heterocycles. The summed E-state index contributed by atoms with van der Waals surface area (Å²) in [6.45, 7) is 7.14. The van der Waals surface area contributed by atoms with Crippen molar-refractivity contribution in [1.82, 2.24) is 20.5 Å². The number of guanidine groups is 1. The van der Waals surface area contributed by atoms with Gasteiger partial charge in [0.2, 0.25) is 11.8 Å². The van der Waals surface area contributed by atoms with Gasteiger partial charge in [-0.2, -0.15) is 0 Å². The summed E-state index contributed by atoms with van der Waals surface area (Å²) >= 11 is 0. The van der Waals surface area contributed by atoms with Crippen LogP contribution in [0.3, 0.4) is 0 Å². The number of carbonyl (C=O) groups excluding carboxylic acids is 1. The molecule has 0 saturated carbocycles. The number of nitrogens with one attached hydrogen (secondary N) is 2. The van der Waals surface area contributed by atoms with Crippen molar-refractivity contribution in [3.63, 3.8) is 0 Å².